The average molecular weight is 939 g/mol. The second kappa shape index (κ2) is 62.0. The Balaban J connectivity index is -0.000000199. The number of rotatable bonds is 35. The number of unbranched alkanes of at least 4 members (excludes halogenated alkanes) is 1. The zero-order valence-corrected chi connectivity index (χ0v) is 41.0. The zero-order valence-electron chi connectivity index (χ0n) is 41.0. The summed E-state index contributed by atoms with van der Waals surface area (Å²) >= 11 is 0. The second-order valence-electron chi connectivity index (χ2n) is 13.4. The minimum Gasteiger partial charge on any atom is -0.400 e. The molecule has 0 spiro atoms. The quantitative estimate of drug-likeness (QED) is 0.0186. The van der Waals surface area contributed by atoms with Gasteiger partial charge in [0.25, 0.3) is 0 Å². The van der Waals surface area contributed by atoms with Crippen molar-refractivity contribution in [2.24, 2.45) is 17.2 Å². The molecule has 0 saturated carbocycles. The molecular weight excluding hydrogens is 849 g/mol. The lowest BCUT2D eigenvalue weighted by molar-refractivity contribution is -0.130. The summed E-state index contributed by atoms with van der Waals surface area (Å²) in [5, 5.41) is 26.4. The molecule has 0 bridgehead atoms. The minimum atomic E-state index is -0.676. The summed E-state index contributed by atoms with van der Waals surface area (Å²) in [7, 11) is 8.06. The zero-order chi connectivity index (χ0) is 50.9. The highest BCUT2D eigenvalue weighted by molar-refractivity contribution is 5.89. The first-order valence-corrected chi connectivity index (χ1v) is 22.1. The van der Waals surface area contributed by atoms with Gasteiger partial charge in [0.2, 0.25) is 23.6 Å². The smallest absolute Gasteiger partial charge is 0.243 e. The third-order valence-electron chi connectivity index (χ3n) is 7.88. The number of nitrogens with one attached hydrogen (secondary N) is 7. The number of nitrogens with two attached hydrogens (primary N) is 3. The molecule has 0 heterocycles. The van der Waals surface area contributed by atoms with E-state index in [1.807, 2.05) is 21.0 Å². The van der Waals surface area contributed by atoms with E-state index in [2.05, 4.69) is 62.0 Å². The van der Waals surface area contributed by atoms with Crippen LogP contribution in [0.5, 0.6) is 0 Å². The molecule has 3 unspecified atom stereocenters. The van der Waals surface area contributed by atoms with Gasteiger partial charge < -0.3 is 92.9 Å². The van der Waals surface area contributed by atoms with Crippen molar-refractivity contribution in [1.82, 2.24) is 37.2 Å². The molecule has 0 aliphatic heterocycles. The summed E-state index contributed by atoms with van der Waals surface area (Å²) < 4.78 is 16.1. The van der Waals surface area contributed by atoms with Gasteiger partial charge in [-0.25, -0.2) is 0 Å². The Kier molecular flexibility index (Phi) is 69.1. The number of allylic oxidation sites excluding steroid dienone is 2. The Labute approximate surface area is 389 Å². The summed E-state index contributed by atoms with van der Waals surface area (Å²) in [4.78, 5) is 86.5. The molecule has 0 saturated heterocycles. The van der Waals surface area contributed by atoms with Crippen LogP contribution in [-0.2, 0) is 52.6 Å². The lowest BCUT2D eigenvalue weighted by Gasteiger charge is -2.19. The first-order valence-electron chi connectivity index (χ1n) is 22.1. The summed E-state index contributed by atoms with van der Waals surface area (Å²) in [6.07, 6.45) is 12.9. The molecule has 4 amide bonds. The maximum atomic E-state index is 12.2. The van der Waals surface area contributed by atoms with Gasteiger partial charge in [0.15, 0.2) is 0 Å². The highest BCUT2D eigenvalue weighted by atomic mass is 16.5. The van der Waals surface area contributed by atoms with E-state index in [9.17, 15) is 33.6 Å². The van der Waals surface area contributed by atoms with Crippen molar-refractivity contribution in [3.05, 3.63) is 12.2 Å². The molecule has 0 fully saturated rings. The topological polar surface area (TPSA) is 347 Å². The predicted molar refractivity (Wildman–Crippen MR) is 255 cm³/mol. The minimum absolute atomic E-state index is 0.139. The second-order valence-corrected chi connectivity index (χ2v) is 13.4. The van der Waals surface area contributed by atoms with E-state index in [1.165, 1.54) is 0 Å². The molecule has 0 aliphatic rings. The fourth-order valence-corrected chi connectivity index (χ4v) is 4.42. The van der Waals surface area contributed by atoms with E-state index >= 15 is 0 Å². The third kappa shape index (κ3) is 59.9. The maximum absolute atomic E-state index is 12.2. The molecule has 22 nitrogen and oxygen atoms in total. The molecule has 0 aromatic heterocycles. The molecule has 14 N–H and O–H groups in total. The lowest BCUT2D eigenvalue weighted by atomic mass is 10.1. The normalized spacial score (nSPS) is 12.2. The van der Waals surface area contributed by atoms with Gasteiger partial charge in [-0.15, -0.1) is 0 Å². The number of carbonyl (C=O) groups excluding carboxylic acids is 8. The number of aliphatic hydroxyl groups is 1. The molecule has 0 radical (unpaired) electrons. The molecule has 65 heavy (non-hydrogen) atoms. The fourth-order valence-electron chi connectivity index (χ4n) is 4.42. The van der Waals surface area contributed by atoms with Gasteiger partial charge in [-0.3, -0.25) is 19.2 Å². The SMILES string of the molecule is C/C=C/CC.CNC(CCC=O)C(=O)N[C@@H](C)C=O.CNC(CCCCN)C(N)=O.CNCCCC(NC(=O)CCOCCOCCOCCNC)C(=O)N[C@@H](C)C=O.CO.NCC=O. The van der Waals surface area contributed by atoms with Gasteiger partial charge in [0.1, 0.15) is 31.2 Å². The Bertz CT molecular complexity index is 1140. The number of hydrogen-bond donors (Lipinski definition) is 11. The van der Waals surface area contributed by atoms with Gasteiger partial charge in [0, 0.05) is 33.0 Å². The van der Waals surface area contributed by atoms with Crippen LogP contribution in [0, 0.1) is 0 Å². The number of carbonyl (C=O) groups is 8. The lowest BCUT2D eigenvalue weighted by Crippen LogP contribution is -2.49. The largest absolute Gasteiger partial charge is 0.400 e. The van der Waals surface area contributed by atoms with Crippen LogP contribution in [0.15, 0.2) is 12.2 Å². The summed E-state index contributed by atoms with van der Waals surface area (Å²) in [5.74, 6) is -1.18. The molecular formula is C43H90N10O12. The molecule has 384 valence electrons. The summed E-state index contributed by atoms with van der Waals surface area (Å²) in [6.45, 7) is 12.4. The van der Waals surface area contributed by atoms with Gasteiger partial charge in [-0.05, 0) is 101 Å². The van der Waals surface area contributed by atoms with Crippen LogP contribution in [0.3, 0.4) is 0 Å². The Morgan fingerprint density at radius 3 is 1.49 bits per heavy atom. The fraction of sp³-hybridized carbons (Fsp3) is 0.767. The van der Waals surface area contributed by atoms with Crippen molar-refractivity contribution in [1.29, 1.82) is 0 Å². The van der Waals surface area contributed by atoms with E-state index in [-0.39, 0.29) is 49.2 Å². The number of primary amides is 1. The van der Waals surface area contributed by atoms with E-state index in [4.69, 9.17) is 35.6 Å². The molecule has 0 rings (SSSR count). The molecule has 22 heteroatoms. The Morgan fingerprint density at radius 2 is 1.11 bits per heavy atom. The van der Waals surface area contributed by atoms with Crippen molar-refractivity contribution >= 4 is 48.8 Å². The van der Waals surface area contributed by atoms with Crippen molar-refractivity contribution < 1.29 is 57.7 Å². The maximum Gasteiger partial charge on any atom is 0.243 e. The van der Waals surface area contributed by atoms with Crippen LogP contribution in [-0.4, -0.2) is 185 Å². The number of likely N-dealkylation sites (N-methyl/N-ethyl adjacent to an activating group) is 3. The monoisotopic (exact) mass is 939 g/mol. The van der Waals surface area contributed by atoms with Crippen molar-refractivity contribution in [2.75, 3.05) is 101 Å². The Morgan fingerprint density at radius 1 is 0.631 bits per heavy atom. The summed E-state index contributed by atoms with van der Waals surface area (Å²) in [5.41, 5.74) is 15.1. The number of amides is 4. The number of ether oxygens (including phenoxy) is 3. The predicted octanol–water partition coefficient (Wildman–Crippen LogP) is -2.00. The number of hydrogen-bond acceptors (Lipinski definition) is 18. The molecule has 0 aliphatic carbocycles. The van der Waals surface area contributed by atoms with Crippen LogP contribution >= 0.6 is 0 Å². The van der Waals surface area contributed by atoms with Gasteiger partial charge in [0.05, 0.1) is 63.8 Å². The standard InChI is InChI=1S/C19H38N4O6.C9H16N2O3.C7H17N3O.C5H10.C2H5NO.CH4O/c1-16(15-24)22-19(26)17(5-4-7-20-2)23-18(25)6-9-27-11-13-29-14-12-28-10-8-21-3;1-7(6-13)11-9(14)8(10-2)4-3-5-12;1-10-6(7(9)11)4-2-3-5-8;1-3-5-4-2;3-1-2-4;1-2/h15-17,20-21H,4-14H2,1-3H3,(H,22,26)(H,23,25);5-8,10H,3-4H2,1-2H3,(H,11,14);6,10H,2-5,8H2,1H3,(H2,9,11);3,5H,4H2,1-2H3;2H,1,3H2;2H,1H3/b;;;5-3+;;/t16-,17?;7-,8?;;;;/m00..../s1. The van der Waals surface area contributed by atoms with E-state index < -0.39 is 24.2 Å². The summed E-state index contributed by atoms with van der Waals surface area (Å²) in [6, 6.07) is -2.37. The van der Waals surface area contributed by atoms with Crippen LogP contribution < -0.4 is 54.4 Å². The van der Waals surface area contributed by atoms with Crippen LogP contribution in [0.25, 0.3) is 0 Å². The van der Waals surface area contributed by atoms with Gasteiger partial charge >= 0.3 is 0 Å². The first-order chi connectivity index (χ1) is 31.2. The van der Waals surface area contributed by atoms with Crippen LogP contribution in [0.4, 0.5) is 0 Å². The van der Waals surface area contributed by atoms with Crippen molar-refractivity contribution in [3.8, 4) is 0 Å². The van der Waals surface area contributed by atoms with Crippen LogP contribution in [0.2, 0.25) is 0 Å². The average Bonchev–Trinajstić information content (AvgIpc) is 3.31. The van der Waals surface area contributed by atoms with Crippen LogP contribution in [0.1, 0.15) is 85.5 Å². The number of aliphatic hydroxyl groups excluding tert-OH is 1. The van der Waals surface area contributed by atoms with Gasteiger partial charge in [-0.1, -0.05) is 25.5 Å². The van der Waals surface area contributed by atoms with Crippen molar-refractivity contribution in [2.45, 2.75) is 116 Å². The third-order valence-corrected chi connectivity index (χ3v) is 7.88. The molecule has 0 aromatic rings. The Hall–Kier alpha value is -4.10. The molecule has 5 atom stereocenters. The van der Waals surface area contributed by atoms with Gasteiger partial charge in [-0.2, -0.15) is 0 Å². The first kappa shape index (κ1) is 72.5. The highest BCUT2D eigenvalue weighted by Gasteiger charge is 2.21. The number of aldehydes is 4. The highest BCUT2D eigenvalue weighted by Crippen LogP contribution is 2.00. The van der Waals surface area contributed by atoms with E-state index in [1.54, 1.807) is 27.9 Å². The van der Waals surface area contributed by atoms with E-state index in [0.717, 1.165) is 58.6 Å². The van der Waals surface area contributed by atoms with Crippen molar-refractivity contribution in [3.63, 3.8) is 0 Å². The van der Waals surface area contributed by atoms with E-state index in [0.29, 0.717) is 77.7 Å². The molecule has 0 aromatic carbocycles.